The topological polar surface area (TPSA) is 113 Å². The summed E-state index contributed by atoms with van der Waals surface area (Å²) in [5.74, 6) is -6.30. The zero-order valence-corrected chi connectivity index (χ0v) is 24.3. The van der Waals surface area contributed by atoms with Gasteiger partial charge in [0.25, 0.3) is 0 Å². The van der Waals surface area contributed by atoms with E-state index in [4.69, 9.17) is 28.9 Å². The molecule has 7 nitrogen and oxygen atoms in total. The first-order chi connectivity index (χ1) is 19.6. The van der Waals surface area contributed by atoms with Crippen molar-refractivity contribution in [1.29, 1.82) is 0 Å². The Morgan fingerprint density at radius 1 is 1.05 bits per heavy atom. The Kier molecular flexibility index (Phi) is 7.53. The standard InChI is InChI=1S/C30H27Cl2F3N4O3/c1-29(2,3)12-21-30(23-18(34)10-14(31)11-20(23)38-28(30)42)22(15-5-4-6-16(32)24(15)35)25(39-21)27(41)37-19-8-7-13(26(36)40)9-17(19)33/h4-11,21-22,25,39H,12H2,1-3H3,(H2,36,40)(H,37,41)(H,38,42)/t21-,22+,25+,30?/m0/s1. The highest BCUT2D eigenvalue weighted by atomic mass is 35.5. The molecule has 1 unspecified atom stereocenters. The quantitative estimate of drug-likeness (QED) is 0.285. The van der Waals surface area contributed by atoms with E-state index in [-0.39, 0.29) is 44.5 Å². The molecule has 3 aromatic rings. The number of halogens is 5. The minimum Gasteiger partial charge on any atom is -0.366 e. The van der Waals surface area contributed by atoms with Gasteiger partial charge in [-0.25, -0.2) is 13.2 Å². The van der Waals surface area contributed by atoms with Gasteiger partial charge in [0.05, 0.1) is 16.8 Å². The van der Waals surface area contributed by atoms with Gasteiger partial charge in [-0.1, -0.05) is 56.1 Å². The van der Waals surface area contributed by atoms with Crippen molar-refractivity contribution in [1.82, 2.24) is 5.32 Å². The van der Waals surface area contributed by atoms with E-state index in [0.29, 0.717) is 0 Å². The highest BCUT2D eigenvalue weighted by Crippen LogP contribution is 2.58. The molecule has 1 spiro atoms. The van der Waals surface area contributed by atoms with Crippen LogP contribution < -0.4 is 21.7 Å². The number of primary amides is 1. The molecule has 0 saturated carbocycles. The van der Waals surface area contributed by atoms with Crippen LogP contribution in [-0.2, 0) is 15.0 Å². The molecule has 0 aliphatic carbocycles. The molecule has 1 saturated heterocycles. The number of anilines is 2. The molecule has 0 radical (unpaired) electrons. The molecule has 0 bridgehead atoms. The number of hydrogen-bond donors (Lipinski definition) is 4. The minimum atomic E-state index is -1.83. The van der Waals surface area contributed by atoms with Crippen molar-refractivity contribution in [3.8, 4) is 0 Å². The molecule has 5 N–H and O–H groups in total. The lowest BCUT2D eigenvalue weighted by Gasteiger charge is -2.37. The molecule has 3 amide bonds. The Morgan fingerprint density at radius 2 is 1.76 bits per heavy atom. The van der Waals surface area contributed by atoms with Crippen LogP contribution in [0.25, 0.3) is 0 Å². The fourth-order valence-corrected chi connectivity index (χ4v) is 6.60. The number of fused-ring (bicyclic) bond motifs is 2. The van der Waals surface area contributed by atoms with Crippen molar-refractivity contribution < 1.29 is 27.6 Å². The summed E-state index contributed by atoms with van der Waals surface area (Å²) in [6.45, 7) is 5.73. The van der Waals surface area contributed by atoms with Crippen molar-refractivity contribution in [3.05, 3.63) is 92.7 Å². The number of nitrogens with one attached hydrogen (secondary N) is 3. The Labute approximate surface area is 249 Å². The average molecular weight is 619 g/mol. The van der Waals surface area contributed by atoms with Gasteiger partial charge in [0.1, 0.15) is 22.9 Å². The fraction of sp³-hybridized carbons (Fsp3) is 0.300. The molecule has 5 rings (SSSR count). The van der Waals surface area contributed by atoms with Crippen LogP contribution in [0.15, 0.2) is 48.5 Å². The average Bonchev–Trinajstić information content (AvgIpc) is 3.35. The van der Waals surface area contributed by atoms with Gasteiger partial charge >= 0.3 is 0 Å². The van der Waals surface area contributed by atoms with Crippen LogP contribution >= 0.6 is 23.2 Å². The number of carbonyl (C=O) groups is 3. The van der Waals surface area contributed by atoms with Crippen LogP contribution in [-0.4, -0.2) is 29.8 Å². The second-order valence-electron chi connectivity index (χ2n) is 11.8. The second-order valence-corrected chi connectivity index (χ2v) is 12.6. The normalized spacial score (nSPS) is 23.1. The third-order valence-electron chi connectivity index (χ3n) is 7.77. The summed E-state index contributed by atoms with van der Waals surface area (Å²) in [5, 5.41) is 8.13. The van der Waals surface area contributed by atoms with Crippen LogP contribution in [0.1, 0.15) is 54.6 Å². The molecule has 2 aliphatic heterocycles. The molecule has 220 valence electrons. The molecule has 12 heteroatoms. The lowest BCUT2D eigenvalue weighted by atomic mass is 9.62. The van der Waals surface area contributed by atoms with Gasteiger partial charge in [-0.05, 0) is 53.8 Å². The first kappa shape index (κ1) is 29.9. The monoisotopic (exact) mass is 618 g/mol. The van der Waals surface area contributed by atoms with Crippen LogP contribution in [0, 0.1) is 22.9 Å². The van der Waals surface area contributed by atoms with Gasteiger partial charge in [-0.15, -0.1) is 0 Å². The van der Waals surface area contributed by atoms with Gasteiger partial charge in [0.2, 0.25) is 17.7 Å². The van der Waals surface area contributed by atoms with Crippen molar-refractivity contribution in [2.24, 2.45) is 11.1 Å². The van der Waals surface area contributed by atoms with E-state index in [0.717, 1.165) is 12.1 Å². The third-order valence-corrected chi connectivity index (χ3v) is 8.28. The van der Waals surface area contributed by atoms with Gasteiger partial charge in [-0.3, -0.25) is 14.4 Å². The van der Waals surface area contributed by atoms with Crippen LogP contribution in [0.5, 0.6) is 0 Å². The maximum Gasteiger partial charge on any atom is 0.248 e. The molecule has 2 aliphatic rings. The molecule has 3 aromatic carbocycles. The number of rotatable bonds is 5. The largest absolute Gasteiger partial charge is 0.366 e. The van der Waals surface area contributed by atoms with Crippen molar-refractivity contribution in [2.75, 3.05) is 10.6 Å². The molecule has 0 aromatic heterocycles. The minimum absolute atomic E-state index is 0.0385. The van der Waals surface area contributed by atoms with Crippen LogP contribution in [0.2, 0.25) is 10.0 Å². The summed E-state index contributed by atoms with van der Waals surface area (Å²) < 4.78 is 46.6. The smallest absolute Gasteiger partial charge is 0.248 e. The SMILES string of the molecule is CC(C)(C)C[C@@H]1N[C@@H](C(=O)Nc2ccc(C(N)=O)cc2F)[C@@H](c2cccc(Cl)c2F)C12C(=O)Nc1cc(Cl)cc(F)c12. The fourth-order valence-electron chi connectivity index (χ4n) is 6.21. The second kappa shape index (κ2) is 10.6. The van der Waals surface area contributed by atoms with Crippen LogP contribution in [0.3, 0.4) is 0 Å². The number of hydrogen-bond acceptors (Lipinski definition) is 4. The Bertz CT molecular complexity index is 1640. The van der Waals surface area contributed by atoms with E-state index in [1.165, 1.54) is 36.4 Å². The van der Waals surface area contributed by atoms with E-state index in [9.17, 15) is 18.8 Å². The first-order valence-electron chi connectivity index (χ1n) is 13.1. The maximum absolute atomic E-state index is 15.9. The lowest BCUT2D eigenvalue weighted by Crippen LogP contribution is -2.50. The van der Waals surface area contributed by atoms with Gasteiger partial charge in [0, 0.05) is 33.8 Å². The molecular formula is C30H27Cl2F3N4O3. The lowest BCUT2D eigenvalue weighted by molar-refractivity contribution is -0.122. The van der Waals surface area contributed by atoms with Gasteiger partial charge in [0.15, 0.2) is 0 Å². The summed E-state index contributed by atoms with van der Waals surface area (Å²) in [5.41, 5.74) is 2.49. The molecule has 2 heterocycles. The highest BCUT2D eigenvalue weighted by Gasteiger charge is 2.67. The molecule has 42 heavy (non-hydrogen) atoms. The summed E-state index contributed by atoms with van der Waals surface area (Å²) in [6, 6.07) is 7.64. The summed E-state index contributed by atoms with van der Waals surface area (Å²) in [4.78, 5) is 39.5. The van der Waals surface area contributed by atoms with Crippen molar-refractivity contribution >= 4 is 52.3 Å². The summed E-state index contributed by atoms with van der Waals surface area (Å²) in [7, 11) is 0. The van der Waals surface area contributed by atoms with Gasteiger partial charge in [-0.2, -0.15) is 0 Å². The van der Waals surface area contributed by atoms with Crippen molar-refractivity contribution in [3.63, 3.8) is 0 Å². The van der Waals surface area contributed by atoms with Crippen molar-refractivity contribution in [2.45, 2.75) is 50.6 Å². The van der Waals surface area contributed by atoms with E-state index < -0.39 is 64.0 Å². The maximum atomic E-state index is 15.9. The predicted octanol–water partition coefficient (Wildman–Crippen LogP) is 5.90. The zero-order valence-electron chi connectivity index (χ0n) is 22.7. The van der Waals surface area contributed by atoms with E-state index in [2.05, 4.69) is 16.0 Å². The van der Waals surface area contributed by atoms with Crippen LogP contribution in [0.4, 0.5) is 24.5 Å². The molecular weight excluding hydrogens is 592 g/mol. The molecule has 1 fully saturated rings. The zero-order chi connectivity index (χ0) is 30.7. The van der Waals surface area contributed by atoms with E-state index in [1.807, 2.05) is 20.8 Å². The molecule has 4 atom stereocenters. The number of nitrogens with two attached hydrogens (primary N) is 1. The Morgan fingerprint density at radius 3 is 2.40 bits per heavy atom. The van der Waals surface area contributed by atoms with E-state index in [1.54, 1.807) is 0 Å². The number of benzene rings is 3. The third kappa shape index (κ3) is 4.91. The van der Waals surface area contributed by atoms with E-state index >= 15 is 8.78 Å². The Balaban J connectivity index is 1.73. The summed E-state index contributed by atoms with van der Waals surface area (Å²) >= 11 is 12.3. The Hall–Kier alpha value is -3.60. The van der Waals surface area contributed by atoms with Gasteiger partial charge < -0.3 is 21.7 Å². The summed E-state index contributed by atoms with van der Waals surface area (Å²) in [6.07, 6.45) is 0.256. The first-order valence-corrected chi connectivity index (χ1v) is 13.8. The number of carbonyl (C=O) groups excluding carboxylic acids is 3. The predicted molar refractivity (Wildman–Crippen MR) is 154 cm³/mol. The highest BCUT2D eigenvalue weighted by molar-refractivity contribution is 6.31. The number of amides is 3.